The van der Waals surface area contributed by atoms with Crippen LogP contribution in [0.1, 0.15) is 6.42 Å². The first-order chi connectivity index (χ1) is 4.79. The van der Waals surface area contributed by atoms with Gasteiger partial charge in [0.05, 0.1) is 6.20 Å². The van der Waals surface area contributed by atoms with Gasteiger partial charge in [0.25, 0.3) is 0 Å². The van der Waals surface area contributed by atoms with Gasteiger partial charge in [-0.05, 0) is 0 Å². The van der Waals surface area contributed by atoms with Gasteiger partial charge in [0.1, 0.15) is 0 Å². The summed E-state index contributed by atoms with van der Waals surface area (Å²) in [4.78, 5) is 9.92. The number of rotatable bonds is 3. The Balaban J connectivity index is 0.000001000. The van der Waals surface area contributed by atoms with Gasteiger partial charge < -0.3 is 9.90 Å². The summed E-state index contributed by atoms with van der Waals surface area (Å²) >= 11 is 0. The number of carbonyl (C=O) groups excluding carboxylic acids is 1. The summed E-state index contributed by atoms with van der Waals surface area (Å²) in [5.74, 6) is -1.07. The van der Waals surface area contributed by atoms with E-state index in [0.29, 0.717) is 6.54 Å². The number of hydrogen-bond donors (Lipinski definition) is 0. The number of carbonyl (C=O) groups is 1. The first kappa shape index (κ1) is 10.6. The van der Waals surface area contributed by atoms with Crippen LogP contribution in [0.3, 0.4) is 0 Å². The van der Waals surface area contributed by atoms with Crippen molar-refractivity contribution in [1.29, 1.82) is 0 Å². The van der Waals surface area contributed by atoms with Crippen molar-refractivity contribution in [3.63, 3.8) is 0 Å². The number of aromatic nitrogens is 3. The molecule has 11 heavy (non-hydrogen) atoms. The van der Waals surface area contributed by atoms with Crippen molar-refractivity contribution < 1.29 is 39.5 Å². The zero-order valence-electron chi connectivity index (χ0n) is 6.23. The fourth-order valence-corrected chi connectivity index (χ4v) is 0.558. The van der Waals surface area contributed by atoms with Gasteiger partial charge in [0.15, 0.2) is 0 Å². The van der Waals surface area contributed by atoms with E-state index in [-0.39, 0.29) is 36.0 Å². The third kappa shape index (κ3) is 4.13. The normalized spacial score (nSPS) is 8.73. The van der Waals surface area contributed by atoms with E-state index in [4.69, 9.17) is 0 Å². The fourth-order valence-electron chi connectivity index (χ4n) is 0.558. The van der Waals surface area contributed by atoms with E-state index in [1.54, 1.807) is 6.20 Å². The van der Waals surface area contributed by atoms with Crippen molar-refractivity contribution >= 4 is 5.97 Å². The molecule has 0 aromatic carbocycles. The molecule has 0 unspecified atom stereocenters. The van der Waals surface area contributed by atoms with Crippen molar-refractivity contribution in [2.45, 2.75) is 13.0 Å². The molecule has 0 amide bonds. The molecule has 0 aliphatic carbocycles. The van der Waals surface area contributed by atoms with Gasteiger partial charge in [-0.1, -0.05) is 5.21 Å². The van der Waals surface area contributed by atoms with E-state index in [2.05, 4.69) is 10.3 Å². The minimum atomic E-state index is -1.07. The number of hydrogen-bond acceptors (Lipinski definition) is 4. The summed E-state index contributed by atoms with van der Waals surface area (Å²) in [7, 11) is 0. The maximum Gasteiger partial charge on any atom is 1.00 e. The molecule has 0 atom stereocenters. The first-order valence-electron chi connectivity index (χ1n) is 2.83. The molecule has 1 aromatic rings. The number of carboxylic acid groups (broad SMARTS) is 1. The number of carboxylic acids is 1. The molecule has 54 valence electrons. The quantitative estimate of drug-likeness (QED) is 0.420. The molecular formula is C5H6N3NaO2. The van der Waals surface area contributed by atoms with Crippen LogP contribution in [-0.2, 0) is 11.3 Å². The van der Waals surface area contributed by atoms with E-state index >= 15 is 0 Å². The van der Waals surface area contributed by atoms with Crippen LogP contribution in [0.2, 0.25) is 0 Å². The summed E-state index contributed by atoms with van der Waals surface area (Å²) in [6, 6.07) is 0. The van der Waals surface area contributed by atoms with Crippen LogP contribution in [0.25, 0.3) is 0 Å². The summed E-state index contributed by atoms with van der Waals surface area (Å²) in [5, 5.41) is 17.0. The molecular weight excluding hydrogens is 157 g/mol. The van der Waals surface area contributed by atoms with Crippen LogP contribution in [0.4, 0.5) is 0 Å². The maximum absolute atomic E-state index is 9.92. The summed E-state index contributed by atoms with van der Waals surface area (Å²) in [5.41, 5.74) is 0. The van der Waals surface area contributed by atoms with Gasteiger partial charge in [0, 0.05) is 25.1 Å². The van der Waals surface area contributed by atoms with Gasteiger partial charge in [-0.15, -0.1) is 5.10 Å². The number of aryl methyl sites for hydroxylation is 1. The van der Waals surface area contributed by atoms with E-state index in [9.17, 15) is 9.90 Å². The molecule has 0 bridgehead atoms. The number of nitrogens with zero attached hydrogens (tertiary/aromatic N) is 3. The Morgan fingerprint density at radius 3 is 2.82 bits per heavy atom. The minimum absolute atomic E-state index is 0. The van der Waals surface area contributed by atoms with Gasteiger partial charge in [0.2, 0.25) is 0 Å². The zero-order chi connectivity index (χ0) is 7.40. The molecule has 0 fully saturated rings. The van der Waals surface area contributed by atoms with Crippen LogP contribution in [0.15, 0.2) is 12.4 Å². The Labute approximate surface area is 85.7 Å². The summed E-state index contributed by atoms with van der Waals surface area (Å²) in [6.45, 7) is 0.322. The smallest absolute Gasteiger partial charge is 0.550 e. The molecule has 0 radical (unpaired) electrons. The topological polar surface area (TPSA) is 70.8 Å². The molecule has 0 saturated carbocycles. The van der Waals surface area contributed by atoms with Gasteiger partial charge in [-0.25, -0.2) is 0 Å². The predicted molar refractivity (Wildman–Crippen MR) is 29.6 cm³/mol. The average molecular weight is 163 g/mol. The second-order valence-corrected chi connectivity index (χ2v) is 1.79. The molecule has 0 N–H and O–H groups in total. The van der Waals surface area contributed by atoms with Gasteiger partial charge in [-0.3, -0.25) is 4.68 Å². The van der Waals surface area contributed by atoms with E-state index in [1.165, 1.54) is 10.9 Å². The Hall–Kier alpha value is -0.390. The average Bonchev–Trinajstić information content (AvgIpc) is 2.34. The second-order valence-electron chi connectivity index (χ2n) is 1.79. The summed E-state index contributed by atoms with van der Waals surface area (Å²) in [6.07, 6.45) is 3.07. The Kier molecular flexibility index (Phi) is 5.10. The van der Waals surface area contributed by atoms with Crippen LogP contribution >= 0.6 is 0 Å². The van der Waals surface area contributed by atoms with Crippen molar-refractivity contribution in [2.75, 3.05) is 0 Å². The minimum Gasteiger partial charge on any atom is -0.550 e. The van der Waals surface area contributed by atoms with E-state index in [0.717, 1.165) is 0 Å². The SMILES string of the molecule is O=C([O-])CCn1ccnn1.[Na+]. The summed E-state index contributed by atoms with van der Waals surface area (Å²) < 4.78 is 1.44. The van der Waals surface area contributed by atoms with Crippen LogP contribution in [0, 0.1) is 0 Å². The van der Waals surface area contributed by atoms with E-state index in [1.807, 2.05) is 0 Å². The Morgan fingerprint density at radius 2 is 2.36 bits per heavy atom. The third-order valence-electron chi connectivity index (χ3n) is 1.02. The van der Waals surface area contributed by atoms with Crippen LogP contribution < -0.4 is 34.7 Å². The van der Waals surface area contributed by atoms with Crippen LogP contribution in [0.5, 0.6) is 0 Å². The monoisotopic (exact) mass is 163 g/mol. The van der Waals surface area contributed by atoms with Crippen molar-refractivity contribution in [2.24, 2.45) is 0 Å². The molecule has 0 aliphatic rings. The van der Waals surface area contributed by atoms with Crippen LogP contribution in [-0.4, -0.2) is 21.0 Å². The zero-order valence-corrected chi connectivity index (χ0v) is 8.23. The van der Waals surface area contributed by atoms with E-state index < -0.39 is 5.97 Å². The second kappa shape index (κ2) is 5.29. The van der Waals surface area contributed by atoms with Crippen molar-refractivity contribution in [1.82, 2.24) is 15.0 Å². The molecule has 1 rings (SSSR count). The molecule has 5 nitrogen and oxygen atoms in total. The largest absolute Gasteiger partial charge is 1.00 e. The van der Waals surface area contributed by atoms with Crippen molar-refractivity contribution in [3.8, 4) is 0 Å². The first-order valence-corrected chi connectivity index (χ1v) is 2.83. The molecule has 0 spiro atoms. The Bertz CT molecular complexity index is 212. The molecule has 6 heteroatoms. The van der Waals surface area contributed by atoms with Crippen molar-refractivity contribution in [3.05, 3.63) is 12.4 Å². The predicted octanol–water partition coefficient (Wildman–Crippen LogP) is -4.58. The molecule has 1 aromatic heterocycles. The van der Waals surface area contributed by atoms with Gasteiger partial charge in [-0.2, -0.15) is 0 Å². The molecule has 1 heterocycles. The molecule has 0 aliphatic heterocycles. The third-order valence-corrected chi connectivity index (χ3v) is 1.02. The maximum atomic E-state index is 9.92. The fraction of sp³-hybridized carbons (Fsp3) is 0.400. The number of aliphatic carboxylic acids is 1. The van der Waals surface area contributed by atoms with Gasteiger partial charge >= 0.3 is 29.6 Å². The standard InChI is InChI=1S/C5H7N3O2.Na/c9-5(10)1-3-8-4-2-6-7-8;/h2,4H,1,3H2,(H,9,10);/q;+1/p-1. The Morgan fingerprint density at radius 1 is 1.64 bits per heavy atom. The molecule has 0 saturated heterocycles.